The van der Waals surface area contributed by atoms with E-state index in [-0.39, 0.29) is 18.2 Å². The molecule has 0 aromatic rings. The summed E-state index contributed by atoms with van der Waals surface area (Å²) in [4.78, 5) is 11.2. The van der Waals surface area contributed by atoms with Crippen molar-refractivity contribution in [3.63, 3.8) is 0 Å². The molecule has 0 heterocycles. The van der Waals surface area contributed by atoms with Gasteiger partial charge in [0.2, 0.25) is 0 Å². The molecule has 0 spiro atoms. The van der Waals surface area contributed by atoms with Crippen molar-refractivity contribution >= 4 is 13.1 Å². The van der Waals surface area contributed by atoms with Crippen LogP contribution < -0.4 is 11.5 Å². The first-order valence-electron chi connectivity index (χ1n) is 5.96. The first-order chi connectivity index (χ1) is 7.87. The van der Waals surface area contributed by atoms with Gasteiger partial charge in [-0.05, 0) is 44.0 Å². The van der Waals surface area contributed by atoms with E-state index in [2.05, 4.69) is 0 Å². The van der Waals surface area contributed by atoms with E-state index in [1.807, 2.05) is 0 Å². The molecule has 6 nitrogen and oxygen atoms in total. The quantitative estimate of drug-likeness (QED) is 0.394. The van der Waals surface area contributed by atoms with Crippen LogP contribution in [0, 0.1) is 11.8 Å². The second-order valence-corrected chi connectivity index (χ2v) is 5.13. The fraction of sp³-hybridized carbons (Fsp3) is 0.900. The molecule has 0 aromatic carbocycles. The van der Waals surface area contributed by atoms with E-state index >= 15 is 0 Å². The molecule has 3 atom stereocenters. The molecule has 0 aromatic heterocycles. The summed E-state index contributed by atoms with van der Waals surface area (Å²) in [5.41, 5.74) is 10.3. The molecule has 0 saturated heterocycles. The van der Waals surface area contributed by atoms with Crippen LogP contribution in [0.2, 0.25) is 6.32 Å². The van der Waals surface area contributed by atoms with Crippen LogP contribution in [0.3, 0.4) is 0 Å². The van der Waals surface area contributed by atoms with Gasteiger partial charge in [0.15, 0.2) is 0 Å². The fourth-order valence-corrected chi connectivity index (χ4v) is 2.71. The third-order valence-corrected chi connectivity index (χ3v) is 3.56. The van der Waals surface area contributed by atoms with Crippen LogP contribution in [0.25, 0.3) is 0 Å². The molecule has 17 heavy (non-hydrogen) atoms. The Morgan fingerprint density at radius 1 is 1.35 bits per heavy atom. The highest BCUT2D eigenvalue weighted by molar-refractivity contribution is 6.40. The normalized spacial score (nSPS) is 33.4. The van der Waals surface area contributed by atoms with Crippen LogP contribution in [0.15, 0.2) is 0 Å². The first-order valence-corrected chi connectivity index (χ1v) is 5.96. The summed E-state index contributed by atoms with van der Waals surface area (Å²) in [7, 11) is -1.34. The molecule has 0 amide bonds. The number of aliphatic carboxylic acids is 1. The number of rotatable bonds is 5. The van der Waals surface area contributed by atoms with Crippen molar-refractivity contribution in [2.24, 2.45) is 23.3 Å². The Hall–Kier alpha value is -0.625. The molecular formula is C10H21BN2O4. The number of carboxylic acid groups (broad SMARTS) is 1. The van der Waals surface area contributed by atoms with Crippen molar-refractivity contribution in [2.45, 2.75) is 37.5 Å². The zero-order valence-electron chi connectivity index (χ0n) is 9.88. The summed E-state index contributed by atoms with van der Waals surface area (Å²) < 4.78 is 0. The molecular weight excluding hydrogens is 223 g/mol. The van der Waals surface area contributed by atoms with E-state index in [0.717, 1.165) is 6.42 Å². The summed E-state index contributed by atoms with van der Waals surface area (Å²) in [6, 6.07) is 0. The zero-order chi connectivity index (χ0) is 13.1. The smallest absolute Gasteiger partial charge is 0.451 e. The lowest BCUT2D eigenvalue weighted by molar-refractivity contribution is -0.146. The van der Waals surface area contributed by atoms with Crippen molar-refractivity contribution in [1.29, 1.82) is 0 Å². The third kappa shape index (κ3) is 3.95. The maximum absolute atomic E-state index is 11.2. The molecule has 1 aliphatic carbocycles. The van der Waals surface area contributed by atoms with Crippen molar-refractivity contribution in [1.82, 2.24) is 0 Å². The number of nitrogens with two attached hydrogens (primary N) is 2. The number of carbonyl (C=O) groups is 1. The van der Waals surface area contributed by atoms with Crippen LogP contribution >= 0.6 is 0 Å². The van der Waals surface area contributed by atoms with Gasteiger partial charge >= 0.3 is 13.1 Å². The second-order valence-electron chi connectivity index (χ2n) is 5.13. The van der Waals surface area contributed by atoms with E-state index in [1.54, 1.807) is 0 Å². The molecule has 1 fully saturated rings. The van der Waals surface area contributed by atoms with Crippen LogP contribution in [-0.2, 0) is 4.79 Å². The van der Waals surface area contributed by atoms with E-state index in [4.69, 9.17) is 26.6 Å². The number of carboxylic acids is 1. The Kier molecular flexibility index (Phi) is 4.94. The maximum atomic E-state index is 11.2. The van der Waals surface area contributed by atoms with Gasteiger partial charge < -0.3 is 26.6 Å². The van der Waals surface area contributed by atoms with Crippen molar-refractivity contribution in [2.75, 3.05) is 6.54 Å². The minimum Gasteiger partial charge on any atom is -0.480 e. The van der Waals surface area contributed by atoms with Gasteiger partial charge in [-0.2, -0.15) is 0 Å². The number of hydrogen-bond donors (Lipinski definition) is 5. The summed E-state index contributed by atoms with van der Waals surface area (Å²) in [6.45, 7) is 0.421. The van der Waals surface area contributed by atoms with Crippen molar-refractivity contribution < 1.29 is 19.9 Å². The highest BCUT2D eigenvalue weighted by Crippen LogP contribution is 2.37. The standard InChI is InChI=1S/C10H21BN2O4/c12-6-8-3-7(1-2-11(16)17)4-10(13,5-8)9(14)15/h7-8,16-17H,1-6,12-13H2,(H,14,15)/t7-,8?,10?/m1/s1. The molecule has 1 rings (SSSR count). The van der Waals surface area contributed by atoms with E-state index in [9.17, 15) is 4.79 Å². The molecule has 0 bridgehead atoms. The van der Waals surface area contributed by atoms with Gasteiger partial charge in [-0.25, -0.2) is 0 Å². The van der Waals surface area contributed by atoms with Crippen LogP contribution in [-0.4, -0.2) is 40.3 Å². The Balaban J connectivity index is 2.63. The van der Waals surface area contributed by atoms with Gasteiger partial charge in [-0.3, -0.25) is 4.79 Å². The molecule has 1 saturated carbocycles. The minimum atomic E-state index is -1.34. The van der Waals surface area contributed by atoms with Crippen molar-refractivity contribution in [3.8, 4) is 0 Å². The third-order valence-electron chi connectivity index (χ3n) is 3.56. The molecule has 7 N–H and O–H groups in total. The van der Waals surface area contributed by atoms with Gasteiger partial charge in [-0.15, -0.1) is 0 Å². The molecule has 98 valence electrons. The summed E-state index contributed by atoms with van der Waals surface area (Å²) >= 11 is 0. The Morgan fingerprint density at radius 3 is 2.41 bits per heavy atom. The predicted molar refractivity (Wildman–Crippen MR) is 64.1 cm³/mol. The van der Waals surface area contributed by atoms with Crippen molar-refractivity contribution in [3.05, 3.63) is 0 Å². The minimum absolute atomic E-state index is 0.0974. The summed E-state index contributed by atoms with van der Waals surface area (Å²) in [5, 5.41) is 26.8. The maximum Gasteiger partial charge on any atom is 0.451 e. The molecule has 1 aliphatic rings. The van der Waals surface area contributed by atoms with Gasteiger partial charge in [0.05, 0.1) is 0 Å². The predicted octanol–water partition coefficient (Wildman–Crippen LogP) is -0.994. The zero-order valence-corrected chi connectivity index (χ0v) is 9.88. The van der Waals surface area contributed by atoms with Gasteiger partial charge in [-0.1, -0.05) is 6.42 Å². The van der Waals surface area contributed by atoms with Crippen LogP contribution in [0.1, 0.15) is 25.7 Å². The first kappa shape index (κ1) is 14.4. The van der Waals surface area contributed by atoms with Gasteiger partial charge in [0.25, 0.3) is 0 Å². The molecule has 7 heteroatoms. The van der Waals surface area contributed by atoms with E-state index in [1.165, 1.54) is 0 Å². The SMILES string of the molecule is NCC1C[C@@H](CCB(O)O)CC(N)(C(=O)O)C1. The summed E-state index contributed by atoms with van der Waals surface area (Å²) in [6.07, 6.45) is 2.41. The Labute approximate surface area is 101 Å². The lowest BCUT2D eigenvalue weighted by Gasteiger charge is -2.39. The molecule has 2 unspecified atom stereocenters. The lowest BCUT2D eigenvalue weighted by atomic mass is 9.67. The van der Waals surface area contributed by atoms with Crippen LogP contribution in [0.5, 0.6) is 0 Å². The monoisotopic (exact) mass is 244 g/mol. The molecule has 0 radical (unpaired) electrons. The topological polar surface area (TPSA) is 130 Å². The Morgan fingerprint density at radius 2 is 1.94 bits per heavy atom. The lowest BCUT2D eigenvalue weighted by Crippen LogP contribution is -2.54. The van der Waals surface area contributed by atoms with Crippen LogP contribution in [0.4, 0.5) is 0 Å². The van der Waals surface area contributed by atoms with Gasteiger partial charge in [0.1, 0.15) is 5.54 Å². The summed E-state index contributed by atoms with van der Waals surface area (Å²) in [5.74, 6) is -0.795. The largest absolute Gasteiger partial charge is 0.480 e. The Bertz CT molecular complexity index is 277. The second kappa shape index (κ2) is 5.81. The van der Waals surface area contributed by atoms with Gasteiger partial charge in [0, 0.05) is 0 Å². The molecule has 0 aliphatic heterocycles. The average molecular weight is 244 g/mol. The highest BCUT2D eigenvalue weighted by Gasteiger charge is 2.42. The van der Waals surface area contributed by atoms with E-state index < -0.39 is 18.6 Å². The fourth-order valence-electron chi connectivity index (χ4n) is 2.71. The van der Waals surface area contributed by atoms with E-state index in [0.29, 0.717) is 25.8 Å². The highest BCUT2D eigenvalue weighted by atomic mass is 16.4. The number of hydrogen-bond acceptors (Lipinski definition) is 5. The average Bonchev–Trinajstić information content (AvgIpc) is 2.25.